The minimum atomic E-state index is -4.77. The molecule has 2 saturated heterocycles. The first-order valence-electron chi connectivity index (χ1n) is 20.7. The molecular weight excluding hydrogens is 858 g/mol. The van der Waals surface area contributed by atoms with Crippen LogP contribution in [0.25, 0.3) is 0 Å². The average Bonchev–Trinajstić information content (AvgIpc) is 3.81. The molecule has 4 unspecified atom stereocenters. The van der Waals surface area contributed by atoms with Gasteiger partial charge in [0.25, 0.3) is 20.0 Å². The minimum absolute atomic E-state index is 0.0308. The van der Waals surface area contributed by atoms with Gasteiger partial charge in [0.05, 0.1) is 13.1 Å². The molecule has 0 spiro atoms. The van der Waals surface area contributed by atoms with Gasteiger partial charge in [-0.3, -0.25) is 9.80 Å². The van der Waals surface area contributed by atoms with E-state index in [9.17, 15) is 52.8 Å². The number of carbonyl (C=O) groups excluding carboxylic acids is 2. The van der Waals surface area contributed by atoms with Crippen LogP contribution in [0.5, 0.6) is 0 Å². The zero-order valence-electron chi connectivity index (χ0n) is 34.2. The van der Waals surface area contributed by atoms with Crippen LogP contribution in [0.4, 0.5) is 51.7 Å². The SMILES string of the molecule is CC(C)c1cc(F)cc(C(C)CC2CCN(CC(F)(F)F)C(S(=O)(=O)NC(=O)Nc3c4c(cc5c3CCC5)CCC4)C2)c1NC(=O)NS(=O)(=O)C1CCCCN1CC(F)(F)F. The summed E-state index contributed by atoms with van der Waals surface area (Å²) in [6.07, 6.45) is -4.32. The molecule has 4 atom stereocenters. The van der Waals surface area contributed by atoms with E-state index < -0.39 is 91.9 Å². The number of nitrogens with one attached hydrogen (secondary N) is 4. The lowest BCUT2D eigenvalue weighted by molar-refractivity contribution is -0.151. The zero-order chi connectivity index (χ0) is 44.7. The van der Waals surface area contributed by atoms with Gasteiger partial charge in [-0.15, -0.1) is 0 Å². The van der Waals surface area contributed by atoms with Crippen molar-refractivity contribution in [2.45, 2.75) is 133 Å². The van der Waals surface area contributed by atoms with Crippen molar-refractivity contribution in [3.63, 3.8) is 0 Å². The Labute approximate surface area is 351 Å². The summed E-state index contributed by atoms with van der Waals surface area (Å²) in [5, 5.41) is 1.79. The largest absolute Gasteiger partial charge is 0.401 e. The van der Waals surface area contributed by atoms with Crippen LogP contribution in [0.15, 0.2) is 18.2 Å². The number of hydrogen-bond acceptors (Lipinski definition) is 8. The van der Waals surface area contributed by atoms with Crippen molar-refractivity contribution in [3.8, 4) is 0 Å². The highest BCUT2D eigenvalue weighted by Gasteiger charge is 2.45. The second kappa shape index (κ2) is 18.2. The van der Waals surface area contributed by atoms with E-state index in [4.69, 9.17) is 0 Å². The lowest BCUT2D eigenvalue weighted by Gasteiger charge is -2.39. The van der Waals surface area contributed by atoms with E-state index in [0.29, 0.717) is 31.4 Å². The molecule has 0 bridgehead atoms. The lowest BCUT2D eigenvalue weighted by atomic mass is 9.82. The average molecular weight is 911 g/mol. The van der Waals surface area contributed by atoms with Crippen LogP contribution in [0.3, 0.4) is 0 Å². The van der Waals surface area contributed by atoms with Gasteiger partial charge in [-0.1, -0.05) is 26.8 Å². The standard InChI is InChI=1S/C40H53F7N6O6S2/c1-23(2)31-19-28(41)20-32(36(31)49-38(55)50-60(56,57)33-12-4-5-14-52(33)21-39(42,43)44)24(3)16-25-13-15-53(22-40(45,46)47)34(17-25)61(58,59)51-37(54)48-35-29-10-6-8-26(29)18-27-9-7-11-30(27)35/h18-20,23-25,33-34H,4-17,21-22H2,1-3H3,(H2,48,51,54)(H2,49,50,55). The minimum Gasteiger partial charge on any atom is -0.307 e. The molecular formula is C40H53F7N6O6S2. The number of fused-ring (bicyclic) bond motifs is 2. The van der Waals surface area contributed by atoms with Gasteiger partial charge in [0.15, 0.2) is 0 Å². The number of sulfonamides is 2. The van der Waals surface area contributed by atoms with Gasteiger partial charge in [-0.25, -0.2) is 40.3 Å². The van der Waals surface area contributed by atoms with E-state index in [1.54, 1.807) is 20.8 Å². The molecule has 2 aromatic carbocycles. The number of halogens is 7. The highest BCUT2D eigenvalue weighted by atomic mass is 32.2. The highest BCUT2D eigenvalue weighted by molar-refractivity contribution is 7.90. The maximum atomic E-state index is 15.2. The fourth-order valence-electron chi connectivity index (χ4n) is 9.62. The third-order valence-electron chi connectivity index (χ3n) is 12.2. The number of amides is 4. The van der Waals surface area contributed by atoms with Crippen molar-refractivity contribution in [1.82, 2.24) is 19.2 Å². The topological polar surface area (TPSA) is 157 Å². The van der Waals surface area contributed by atoms with Crippen LogP contribution in [0.2, 0.25) is 0 Å². The maximum absolute atomic E-state index is 15.2. The summed E-state index contributed by atoms with van der Waals surface area (Å²) in [6, 6.07) is 2.02. The van der Waals surface area contributed by atoms with Crippen molar-refractivity contribution >= 4 is 43.5 Å². The molecule has 0 aromatic heterocycles. The molecule has 4 amide bonds. The Morgan fingerprint density at radius 3 is 1.77 bits per heavy atom. The summed E-state index contributed by atoms with van der Waals surface area (Å²) in [5.41, 5.74) is 5.06. The molecule has 12 nitrogen and oxygen atoms in total. The summed E-state index contributed by atoms with van der Waals surface area (Å²) < 4.78 is 155. The Bertz CT molecular complexity index is 2170. The Morgan fingerprint density at radius 2 is 1.21 bits per heavy atom. The van der Waals surface area contributed by atoms with Gasteiger partial charge in [-0.05, 0) is 147 Å². The van der Waals surface area contributed by atoms with Gasteiger partial charge in [0, 0.05) is 17.9 Å². The molecule has 4 aliphatic rings. The number of nitrogens with zero attached hydrogens (tertiary/aromatic N) is 2. The number of rotatable bonds is 12. The molecule has 0 radical (unpaired) electrons. The van der Waals surface area contributed by atoms with E-state index in [2.05, 4.69) is 16.7 Å². The number of carbonyl (C=O) groups is 2. The normalized spacial score (nSPS) is 22.1. The molecule has 2 aliphatic carbocycles. The Kier molecular flexibility index (Phi) is 14.0. The van der Waals surface area contributed by atoms with Crippen molar-refractivity contribution in [2.24, 2.45) is 5.92 Å². The second-order valence-electron chi connectivity index (χ2n) is 17.2. The number of piperidine rings is 2. The smallest absolute Gasteiger partial charge is 0.307 e. The quantitative estimate of drug-likeness (QED) is 0.156. The summed E-state index contributed by atoms with van der Waals surface area (Å²) in [5.74, 6) is -2.42. The van der Waals surface area contributed by atoms with Gasteiger partial charge in [-0.2, -0.15) is 26.3 Å². The van der Waals surface area contributed by atoms with Gasteiger partial charge >= 0.3 is 24.4 Å². The molecule has 61 heavy (non-hydrogen) atoms. The number of hydrogen-bond donors (Lipinski definition) is 4. The molecule has 6 rings (SSSR count). The first-order valence-corrected chi connectivity index (χ1v) is 23.8. The fourth-order valence-corrected chi connectivity index (χ4v) is 12.7. The predicted molar refractivity (Wildman–Crippen MR) is 216 cm³/mol. The summed E-state index contributed by atoms with van der Waals surface area (Å²) in [6.45, 7) is 1.52. The first kappa shape index (κ1) is 46.8. The summed E-state index contributed by atoms with van der Waals surface area (Å²) >= 11 is 0. The summed E-state index contributed by atoms with van der Waals surface area (Å²) in [4.78, 5) is 28.3. The molecule has 2 fully saturated rings. The lowest BCUT2D eigenvalue weighted by Crippen LogP contribution is -2.55. The predicted octanol–water partition coefficient (Wildman–Crippen LogP) is 8.00. The molecule has 0 saturated carbocycles. The number of aryl methyl sites for hydroxylation is 2. The summed E-state index contributed by atoms with van der Waals surface area (Å²) in [7, 11) is -9.44. The van der Waals surface area contributed by atoms with Crippen molar-refractivity contribution in [3.05, 3.63) is 57.4 Å². The number of benzene rings is 2. The number of urea groups is 2. The second-order valence-corrected chi connectivity index (χ2v) is 20.8. The molecule has 21 heteroatoms. The van der Waals surface area contributed by atoms with Crippen LogP contribution in [0.1, 0.15) is 117 Å². The van der Waals surface area contributed by atoms with Crippen molar-refractivity contribution in [2.75, 3.05) is 36.8 Å². The van der Waals surface area contributed by atoms with E-state index in [1.165, 1.54) is 0 Å². The number of alkyl halides is 6. The van der Waals surface area contributed by atoms with E-state index in [-0.39, 0.29) is 55.6 Å². The third-order valence-corrected chi connectivity index (χ3v) is 15.6. The van der Waals surface area contributed by atoms with E-state index in [0.717, 1.165) is 69.9 Å². The third kappa shape index (κ3) is 11.5. The Balaban J connectivity index is 1.20. The maximum Gasteiger partial charge on any atom is 0.401 e. The van der Waals surface area contributed by atoms with Gasteiger partial charge in [0.1, 0.15) is 16.6 Å². The van der Waals surface area contributed by atoms with Crippen molar-refractivity contribution < 1.29 is 57.2 Å². The number of anilines is 2. The van der Waals surface area contributed by atoms with Crippen LogP contribution in [-0.4, -0.2) is 88.0 Å². The molecule has 2 aliphatic heterocycles. The molecule has 340 valence electrons. The Hall–Kier alpha value is -3.69. The highest BCUT2D eigenvalue weighted by Crippen LogP contribution is 2.41. The monoisotopic (exact) mass is 910 g/mol. The zero-order valence-corrected chi connectivity index (χ0v) is 35.9. The van der Waals surface area contributed by atoms with Crippen LogP contribution < -0.4 is 20.1 Å². The first-order chi connectivity index (χ1) is 28.4. The Morgan fingerprint density at radius 1 is 0.689 bits per heavy atom. The molecule has 4 N–H and O–H groups in total. The van der Waals surface area contributed by atoms with E-state index in [1.807, 2.05) is 9.44 Å². The van der Waals surface area contributed by atoms with Gasteiger partial charge < -0.3 is 10.6 Å². The van der Waals surface area contributed by atoms with Crippen LogP contribution >= 0.6 is 0 Å². The van der Waals surface area contributed by atoms with Crippen molar-refractivity contribution in [1.29, 1.82) is 0 Å². The molecule has 2 aromatic rings. The fraction of sp³-hybridized carbons (Fsp3) is 0.650. The van der Waals surface area contributed by atoms with E-state index >= 15 is 4.39 Å². The number of likely N-dealkylation sites (tertiary alicyclic amines) is 2. The van der Waals surface area contributed by atoms with Gasteiger partial charge in [0.2, 0.25) is 0 Å². The van der Waals surface area contributed by atoms with Crippen LogP contribution in [-0.2, 0) is 45.7 Å². The molecule has 2 heterocycles. The van der Waals surface area contributed by atoms with Crippen LogP contribution in [0, 0.1) is 11.7 Å².